The summed E-state index contributed by atoms with van der Waals surface area (Å²) in [6.07, 6.45) is 4.83. The number of hydrogen-bond acceptors (Lipinski definition) is 8. The zero-order chi connectivity index (χ0) is 29.3. The lowest BCUT2D eigenvalue weighted by molar-refractivity contribution is -0.123. The number of amides is 2. The van der Waals surface area contributed by atoms with Crippen LogP contribution in [0.4, 0.5) is 0 Å². The second-order valence-corrected chi connectivity index (χ2v) is 13.2. The Morgan fingerprint density at radius 2 is 1.76 bits per heavy atom. The van der Waals surface area contributed by atoms with E-state index >= 15 is 0 Å². The molecule has 2 aromatic carbocycles. The molecule has 0 aliphatic carbocycles. The molecule has 2 amide bonds. The molecule has 3 aromatic rings. The minimum Gasteiger partial charge on any atom is -0.379 e. The van der Waals surface area contributed by atoms with Crippen molar-refractivity contribution in [2.45, 2.75) is 17.7 Å². The highest BCUT2D eigenvalue weighted by molar-refractivity contribution is 8.18. The number of ether oxygens (including phenoxy) is 1. The van der Waals surface area contributed by atoms with E-state index in [2.05, 4.69) is 4.99 Å². The van der Waals surface area contributed by atoms with Crippen molar-refractivity contribution in [3.63, 3.8) is 0 Å². The van der Waals surface area contributed by atoms with Crippen LogP contribution in [-0.2, 0) is 24.3 Å². The lowest BCUT2D eigenvalue weighted by Crippen LogP contribution is -2.40. The molecule has 3 aliphatic heterocycles. The van der Waals surface area contributed by atoms with Crippen molar-refractivity contribution in [3.05, 3.63) is 71.3 Å². The molecule has 0 spiro atoms. The summed E-state index contributed by atoms with van der Waals surface area (Å²) in [5, 5.41) is 5.42. The third-order valence-corrected chi connectivity index (χ3v) is 10.5. The second kappa shape index (κ2) is 11.8. The fourth-order valence-electron chi connectivity index (χ4n) is 5.20. The van der Waals surface area contributed by atoms with E-state index in [-0.39, 0.29) is 22.6 Å². The number of carbonyl (C=O) groups is 2. The van der Waals surface area contributed by atoms with Crippen LogP contribution in [0.1, 0.15) is 18.4 Å². The van der Waals surface area contributed by atoms with E-state index in [0.29, 0.717) is 79.1 Å². The number of amidine groups is 1. The van der Waals surface area contributed by atoms with Gasteiger partial charge >= 0.3 is 0 Å². The monoisotopic (exact) mass is 606 g/mol. The van der Waals surface area contributed by atoms with E-state index in [9.17, 15) is 18.0 Å². The first kappa shape index (κ1) is 28.3. The summed E-state index contributed by atoms with van der Waals surface area (Å²) in [6.45, 7) is 2.51. The number of sulfonamides is 1. The highest BCUT2D eigenvalue weighted by Gasteiger charge is 2.31. The van der Waals surface area contributed by atoms with Gasteiger partial charge in [-0.25, -0.2) is 13.1 Å². The largest absolute Gasteiger partial charge is 0.379 e. The number of benzene rings is 2. The van der Waals surface area contributed by atoms with Crippen LogP contribution in [0.5, 0.6) is 0 Å². The fourth-order valence-corrected chi connectivity index (χ4v) is 7.61. The minimum atomic E-state index is -3.72. The molecule has 3 aliphatic rings. The Bertz CT molecular complexity index is 1670. The molecule has 13 heteroatoms. The number of para-hydroxylation sites is 1. The summed E-state index contributed by atoms with van der Waals surface area (Å²) < 4.78 is 35.2. The quantitative estimate of drug-likeness (QED) is 0.423. The molecule has 0 atom stereocenters. The summed E-state index contributed by atoms with van der Waals surface area (Å²) in [4.78, 5) is 31.5. The summed E-state index contributed by atoms with van der Waals surface area (Å²) >= 11 is 1.28. The topological polar surface area (TPSA) is 140 Å². The molecular weight excluding hydrogens is 576 g/mol. The first-order valence-corrected chi connectivity index (χ1v) is 16.0. The van der Waals surface area contributed by atoms with Crippen molar-refractivity contribution >= 4 is 44.8 Å². The van der Waals surface area contributed by atoms with Crippen molar-refractivity contribution in [1.82, 2.24) is 19.0 Å². The highest BCUT2D eigenvalue weighted by atomic mass is 32.2. The summed E-state index contributed by atoms with van der Waals surface area (Å²) in [5.74, 6) is -0.806. The standard InChI is InChI=1S/C29H30N6O5S2/c30-27(36)20-9-11-33(12-10-20)29-31-28(37)25(41-29)18-22-19-35(23-6-2-1-3-7-23)32-26(22)21-5-4-8-24(17-21)42(38,39)34-13-15-40-16-14-34/h1-8,17-20H,9-16H2,(H2,30,36)/b25-18-. The van der Waals surface area contributed by atoms with Crippen molar-refractivity contribution in [3.8, 4) is 16.9 Å². The van der Waals surface area contributed by atoms with Gasteiger partial charge in [0.15, 0.2) is 5.17 Å². The van der Waals surface area contributed by atoms with Crippen LogP contribution in [-0.4, -0.2) is 83.8 Å². The summed E-state index contributed by atoms with van der Waals surface area (Å²) in [5.41, 5.74) is 8.08. The van der Waals surface area contributed by atoms with E-state index in [1.165, 1.54) is 16.1 Å². The molecule has 1 aromatic heterocycles. The molecule has 2 saturated heterocycles. The predicted molar refractivity (Wildman–Crippen MR) is 160 cm³/mol. The van der Waals surface area contributed by atoms with Gasteiger partial charge in [-0.2, -0.15) is 14.4 Å². The van der Waals surface area contributed by atoms with Crippen LogP contribution < -0.4 is 5.73 Å². The molecule has 2 N–H and O–H groups in total. The molecule has 4 heterocycles. The maximum Gasteiger partial charge on any atom is 0.286 e. The predicted octanol–water partition coefficient (Wildman–Crippen LogP) is 2.73. The summed E-state index contributed by atoms with van der Waals surface area (Å²) in [7, 11) is -3.72. The maximum absolute atomic E-state index is 13.4. The SMILES string of the molecule is NC(=O)C1CCN(C2=NC(=O)/C(=C/c3cn(-c4ccccc4)nc3-c3cccc(S(=O)(=O)N4CCOCC4)c3)S2)CC1. The number of rotatable bonds is 6. The molecular formula is C29H30N6O5S2. The number of carbonyl (C=O) groups excluding carboxylic acids is 2. The van der Waals surface area contributed by atoms with Gasteiger partial charge in [0.1, 0.15) is 5.69 Å². The third-order valence-electron chi connectivity index (χ3n) is 7.54. The first-order chi connectivity index (χ1) is 20.3. The zero-order valence-corrected chi connectivity index (χ0v) is 24.4. The van der Waals surface area contributed by atoms with Crippen LogP contribution in [0.2, 0.25) is 0 Å². The van der Waals surface area contributed by atoms with Crippen LogP contribution >= 0.6 is 11.8 Å². The Balaban J connectivity index is 1.33. The van der Waals surface area contributed by atoms with Gasteiger partial charge in [-0.1, -0.05) is 30.3 Å². The zero-order valence-electron chi connectivity index (χ0n) is 22.8. The average molecular weight is 607 g/mol. The van der Waals surface area contributed by atoms with E-state index in [0.717, 1.165) is 5.69 Å². The van der Waals surface area contributed by atoms with Gasteiger partial charge < -0.3 is 15.4 Å². The van der Waals surface area contributed by atoms with Crippen molar-refractivity contribution in [1.29, 1.82) is 0 Å². The van der Waals surface area contributed by atoms with Crippen molar-refractivity contribution < 1.29 is 22.7 Å². The van der Waals surface area contributed by atoms with E-state index in [1.54, 1.807) is 29.0 Å². The van der Waals surface area contributed by atoms with Gasteiger partial charge in [0.05, 0.1) is 28.7 Å². The number of nitrogens with two attached hydrogens (primary N) is 1. The second-order valence-electron chi connectivity index (χ2n) is 10.2. The molecule has 0 unspecified atom stereocenters. The van der Waals surface area contributed by atoms with Crippen LogP contribution in [0.15, 0.2) is 75.6 Å². The molecule has 11 nitrogen and oxygen atoms in total. The van der Waals surface area contributed by atoms with E-state index in [1.807, 2.05) is 47.5 Å². The normalized spacial score (nSPS) is 19.8. The van der Waals surface area contributed by atoms with Crippen LogP contribution in [0.3, 0.4) is 0 Å². The van der Waals surface area contributed by atoms with Gasteiger partial charge in [-0.05, 0) is 54.9 Å². The van der Waals surface area contributed by atoms with Gasteiger partial charge in [-0.15, -0.1) is 0 Å². The van der Waals surface area contributed by atoms with Gasteiger partial charge in [0.2, 0.25) is 15.9 Å². The summed E-state index contributed by atoms with van der Waals surface area (Å²) in [6, 6.07) is 16.3. The molecule has 2 fully saturated rings. The number of hydrogen-bond donors (Lipinski definition) is 1. The third kappa shape index (κ3) is 5.77. The van der Waals surface area contributed by atoms with Crippen molar-refractivity contribution in [2.24, 2.45) is 16.6 Å². The number of aromatic nitrogens is 2. The lowest BCUT2D eigenvalue weighted by atomic mass is 9.97. The van der Waals surface area contributed by atoms with Crippen LogP contribution in [0, 0.1) is 5.92 Å². The highest BCUT2D eigenvalue weighted by Crippen LogP contribution is 2.35. The molecule has 6 rings (SSSR count). The molecule has 218 valence electrons. The molecule has 0 radical (unpaired) electrons. The van der Waals surface area contributed by atoms with Crippen LogP contribution in [0.25, 0.3) is 23.0 Å². The lowest BCUT2D eigenvalue weighted by Gasteiger charge is -2.31. The first-order valence-electron chi connectivity index (χ1n) is 13.7. The van der Waals surface area contributed by atoms with Gasteiger partial charge in [0.25, 0.3) is 5.91 Å². The van der Waals surface area contributed by atoms with E-state index in [4.69, 9.17) is 15.6 Å². The smallest absolute Gasteiger partial charge is 0.286 e. The number of nitrogens with zero attached hydrogens (tertiary/aromatic N) is 5. The molecule has 0 saturated carbocycles. The van der Waals surface area contributed by atoms with Crippen molar-refractivity contribution in [2.75, 3.05) is 39.4 Å². The Kier molecular flexibility index (Phi) is 7.99. The molecule has 42 heavy (non-hydrogen) atoms. The molecule has 0 bridgehead atoms. The Morgan fingerprint density at radius 1 is 1.02 bits per heavy atom. The van der Waals surface area contributed by atoms with Gasteiger partial charge in [0, 0.05) is 49.4 Å². The fraction of sp³-hybridized carbons (Fsp3) is 0.310. The Morgan fingerprint density at radius 3 is 2.48 bits per heavy atom. The number of primary amides is 1. The number of morpholine rings is 1. The number of piperidine rings is 1. The Hall–Kier alpha value is -3.78. The number of likely N-dealkylation sites (tertiary alicyclic amines) is 1. The Labute approximate surface area is 248 Å². The average Bonchev–Trinajstić information content (AvgIpc) is 3.61. The van der Waals surface area contributed by atoms with Gasteiger partial charge in [-0.3, -0.25) is 9.59 Å². The minimum absolute atomic E-state index is 0.159. The number of aliphatic imine (C=N–C) groups is 1. The maximum atomic E-state index is 13.4. The number of thioether (sulfide) groups is 1. The van der Waals surface area contributed by atoms with E-state index < -0.39 is 10.0 Å².